The number of amides is 1. The molecule has 2 rings (SSSR count). The zero-order valence-electron chi connectivity index (χ0n) is 8.67. The third-order valence-corrected chi connectivity index (χ3v) is 2.49. The third-order valence-electron chi connectivity index (χ3n) is 2.49. The van der Waals surface area contributed by atoms with Crippen molar-refractivity contribution in [2.45, 2.75) is 0 Å². The van der Waals surface area contributed by atoms with Gasteiger partial charge in [-0.2, -0.15) is 0 Å². The van der Waals surface area contributed by atoms with E-state index in [1.807, 2.05) is 0 Å². The number of carbonyl (C=O) groups excluding carboxylic acids is 1. The van der Waals surface area contributed by atoms with Crippen LogP contribution in [0.2, 0.25) is 0 Å². The Kier molecular flexibility index (Phi) is 3.23. The summed E-state index contributed by atoms with van der Waals surface area (Å²) >= 11 is 0. The summed E-state index contributed by atoms with van der Waals surface area (Å²) < 4.78 is 5.02. The standard InChI is InChI=1S/C10H12BNO4/c13-10-7-16-6-5-12(10)9-3-1-8(2-4-9)11(14)15/h1-4,14-15H,5-7H2. The topological polar surface area (TPSA) is 70.0 Å². The fourth-order valence-electron chi connectivity index (χ4n) is 1.62. The SMILES string of the molecule is O=C1COCCN1c1ccc(B(O)O)cc1. The van der Waals surface area contributed by atoms with Crippen molar-refractivity contribution in [2.75, 3.05) is 24.7 Å². The molecule has 0 atom stereocenters. The van der Waals surface area contributed by atoms with E-state index in [-0.39, 0.29) is 12.5 Å². The molecular weight excluding hydrogens is 209 g/mol. The number of benzene rings is 1. The lowest BCUT2D eigenvalue weighted by Gasteiger charge is -2.26. The fourth-order valence-corrected chi connectivity index (χ4v) is 1.62. The van der Waals surface area contributed by atoms with Crippen molar-refractivity contribution < 1.29 is 19.6 Å². The Bertz CT molecular complexity index is 379. The highest BCUT2D eigenvalue weighted by atomic mass is 16.5. The molecule has 5 nitrogen and oxygen atoms in total. The van der Waals surface area contributed by atoms with Gasteiger partial charge in [0.2, 0.25) is 0 Å². The Morgan fingerprint density at radius 3 is 2.50 bits per heavy atom. The summed E-state index contributed by atoms with van der Waals surface area (Å²) in [7, 11) is -1.48. The molecule has 1 fully saturated rings. The van der Waals surface area contributed by atoms with Gasteiger partial charge >= 0.3 is 7.12 Å². The van der Waals surface area contributed by atoms with Gasteiger partial charge in [-0.15, -0.1) is 0 Å². The molecule has 1 aromatic rings. The predicted molar refractivity (Wildman–Crippen MR) is 59.4 cm³/mol. The Hall–Kier alpha value is -1.37. The normalized spacial score (nSPS) is 16.4. The van der Waals surface area contributed by atoms with Crippen molar-refractivity contribution in [3.05, 3.63) is 24.3 Å². The molecule has 2 N–H and O–H groups in total. The number of nitrogens with zero attached hydrogens (tertiary/aromatic N) is 1. The summed E-state index contributed by atoms with van der Waals surface area (Å²) in [4.78, 5) is 13.1. The zero-order chi connectivity index (χ0) is 11.5. The quantitative estimate of drug-likeness (QED) is 0.611. The van der Waals surface area contributed by atoms with Gasteiger partial charge in [0.1, 0.15) is 6.61 Å². The summed E-state index contributed by atoms with van der Waals surface area (Å²) in [6.45, 7) is 1.15. The summed E-state index contributed by atoms with van der Waals surface area (Å²) in [6, 6.07) is 6.56. The zero-order valence-corrected chi connectivity index (χ0v) is 8.67. The Morgan fingerprint density at radius 1 is 1.25 bits per heavy atom. The second-order valence-corrected chi connectivity index (χ2v) is 3.56. The van der Waals surface area contributed by atoms with Crippen LogP contribution in [0.1, 0.15) is 0 Å². The van der Waals surface area contributed by atoms with Gasteiger partial charge in [-0.05, 0) is 17.6 Å². The number of ether oxygens (including phenoxy) is 1. The molecule has 1 aliphatic rings. The minimum absolute atomic E-state index is 0.0800. The van der Waals surface area contributed by atoms with E-state index in [2.05, 4.69) is 0 Å². The lowest BCUT2D eigenvalue weighted by molar-refractivity contribution is -0.125. The van der Waals surface area contributed by atoms with Crippen LogP contribution in [0.15, 0.2) is 24.3 Å². The summed E-state index contributed by atoms with van der Waals surface area (Å²) in [6.07, 6.45) is 0. The van der Waals surface area contributed by atoms with Crippen molar-refractivity contribution in [3.8, 4) is 0 Å². The number of rotatable bonds is 2. The molecule has 0 radical (unpaired) electrons. The Morgan fingerprint density at radius 2 is 1.94 bits per heavy atom. The molecule has 0 unspecified atom stereocenters. The maximum atomic E-state index is 11.5. The third kappa shape index (κ3) is 2.24. The van der Waals surface area contributed by atoms with Crippen LogP contribution in [0.3, 0.4) is 0 Å². The van der Waals surface area contributed by atoms with Crippen LogP contribution in [0.25, 0.3) is 0 Å². The van der Waals surface area contributed by atoms with E-state index < -0.39 is 7.12 Å². The second-order valence-electron chi connectivity index (χ2n) is 3.56. The molecule has 1 aliphatic heterocycles. The van der Waals surface area contributed by atoms with Crippen molar-refractivity contribution in [1.29, 1.82) is 0 Å². The van der Waals surface area contributed by atoms with Gasteiger partial charge in [-0.25, -0.2) is 0 Å². The molecule has 0 bridgehead atoms. The minimum atomic E-state index is -1.48. The second kappa shape index (κ2) is 4.65. The van der Waals surface area contributed by atoms with Crippen molar-refractivity contribution in [2.24, 2.45) is 0 Å². The molecule has 0 spiro atoms. The van der Waals surface area contributed by atoms with Gasteiger partial charge in [0.25, 0.3) is 5.91 Å². The first-order valence-electron chi connectivity index (χ1n) is 5.02. The maximum Gasteiger partial charge on any atom is 0.488 e. The van der Waals surface area contributed by atoms with Crippen molar-refractivity contribution in [1.82, 2.24) is 0 Å². The van der Waals surface area contributed by atoms with Gasteiger partial charge in [0.15, 0.2) is 0 Å². The largest absolute Gasteiger partial charge is 0.488 e. The summed E-state index contributed by atoms with van der Waals surface area (Å²) in [5, 5.41) is 17.9. The van der Waals surface area contributed by atoms with E-state index in [1.54, 1.807) is 29.2 Å². The molecule has 1 amide bonds. The smallest absolute Gasteiger partial charge is 0.423 e. The Balaban J connectivity index is 2.17. The molecular formula is C10H12BNO4. The average Bonchev–Trinajstić information content (AvgIpc) is 2.30. The number of anilines is 1. The van der Waals surface area contributed by atoms with E-state index in [1.165, 1.54) is 0 Å². The predicted octanol–water partition coefficient (Wildman–Crippen LogP) is -1.27. The number of carbonyl (C=O) groups is 1. The first-order chi connectivity index (χ1) is 7.68. The van der Waals surface area contributed by atoms with Crippen LogP contribution in [0, 0.1) is 0 Å². The van der Waals surface area contributed by atoms with E-state index >= 15 is 0 Å². The van der Waals surface area contributed by atoms with Crippen LogP contribution in [-0.2, 0) is 9.53 Å². The molecule has 16 heavy (non-hydrogen) atoms. The summed E-state index contributed by atoms with van der Waals surface area (Å²) in [5.74, 6) is -0.0800. The highest BCUT2D eigenvalue weighted by Gasteiger charge is 2.20. The van der Waals surface area contributed by atoms with Crippen LogP contribution in [-0.4, -0.2) is 42.8 Å². The average molecular weight is 221 g/mol. The molecule has 84 valence electrons. The highest BCUT2D eigenvalue weighted by molar-refractivity contribution is 6.58. The van der Waals surface area contributed by atoms with Gasteiger partial charge in [0, 0.05) is 12.2 Å². The number of hydrogen-bond acceptors (Lipinski definition) is 4. The molecule has 0 saturated carbocycles. The maximum absolute atomic E-state index is 11.5. The first kappa shape index (κ1) is 11.1. The fraction of sp³-hybridized carbons (Fsp3) is 0.300. The molecule has 0 aromatic heterocycles. The minimum Gasteiger partial charge on any atom is -0.423 e. The van der Waals surface area contributed by atoms with E-state index in [0.717, 1.165) is 5.69 Å². The first-order valence-corrected chi connectivity index (χ1v) is 5.02. The van der Waals surface area contributed by atoms with Crippen molar-refractivity contribution in [3.63, 3.8) is 0 Å². The van der Waals surface area contributed by atoms with Crippen LogP contribution >= 0.6 is 0 Å². The van der Waals surface area contributed by atoms with Crippen LogP contribution in [0.5, 0.6) is 0 Å². The number of hydrogen-bond donors (Lipinski definition) is 2. The van der Waals surface area contributed by atoms with E-state index in [4.69, 9.17) is 14.8 Å². The monoisotopic (exact) mass is 221 g/mol. The van der Waals surface area contributed by atoms with E-state index in [0.29, 0.717) is 18.6 Å². The molecule has 1 aromatic carbocycles. The van der Waals surface area contributed by atoms with Crippen LogP contribution in [0.4, 0.5) is 5.69 Å². The molecule has 1 heterocycles. The Labute approximate surface area is 93.4 Å². The van der Waals surface area contributed by atoms with Gasteiger partial charge < -0.3 is 19.7 Å². The van der Waals surface area contributed by atoms with Crippen molar-refractivity contribution >= 4 is 24.2 Å². The number of morpholine rings is 1. The molecule has 1 saturated heterocycles. The van der Waals surface area contributed by atoms with Crippen LogP contribution < -0.4 is 10.4 Å². The molecule has 6 heteroatoms. The molecule has 0 aliphatic carbocycles. The lowest BCUT2D eigenvalue weighted by atomic mass is 9.80. The van der Waals surface area contributed by atoms with E-state index in [9.17, 15) is 4.79 Å². The summed E-state index contributed by atoms with van der Waals surface area (Å²) in [5.41, 5.74) is 1.15. The highest BCUT2D eigenvalue weighted by Crippen LogP contribution is 2.14. The van der Waals surface area contributed by atoms with Gasteiger partial charge in [-0.3, -0.25) is 4.79 Å². The lowest BCUT2D eigenvalue weighted by Crippen LogP contribution is -2.42. The van der Waals surface area contributed by atoms with Gasteiger partial charge in [0.05, 0.1) is 6.61 Å². The van der Waals surface area contributed by atoms with Gasteiger partial charge in [-0.1, -0.05) is 12.1 Å².